The quantitative estimate of drug-likeness (QED) is 0.461. The summed E-state index contributed by atoms with van der Waals surface area (Å²) in [6.07, 6.45) is -0.132. The van der Waals surface area contributed by atoms with Crippen LogP contribution in [-0.4, -0.2) is 39.4 Å². The average molecular weight is 440 g/mol. The summed E-state index contributed by atoms with van der Waals surface area (Å²) in [5.74, 6) is 1.88. The summed E-state index contributed by atoms with van der Waals surface area (Å²) >= 11 is 5.98. The minimum atomic E-state index is -0.132. The summed E-state index contributed by atoms with van der Waals surface area (Å²) in [5.41, 5.74) is 3.06. The fraction of sp³-hybridized carbons (Fsp3) is 0.238. The number of hydrogen-bond donors (Lipinski definition) is 0. The van der Waals surface area contributed by atoms with E-state index < -0.39 is 0 Å². The van der Waals surface area contributed by atoms with Gasteiger partial charge in [-0.25, -0.2) is 4.68 Å². The van der Waals surface area contributed by atoms with Crippen LogP contribution in [0.1, 0.15) is 17.4 Å². The molecule has 1 aliphatic rings. The van der Waals surface area contributed by atoms with E-state index in [1.807, 2.05) is 35.0 Å². The van der Waals surface area contributed by atoms with E-state index in [-0.39, 0.29) is 6.10 Å². The van der Waals surface area contributed by atoms with Gasteiger partial charge in [-0.3, -0.25) is 0 Å². The zero-order chi connectivity index (χ0) is 21.4. The van der Waals surface area contributed by atoms with Crippen molar-refractivity contribution in [3.05, 3.63) is 58.7 Å². The van der Waals surface area contributed by atoms with E-state index in [0.29, 0.717) is 52.6 Å². The van der Waals surface area contributed by atoms with E-state index in [1.54, 1.807) is 26.4 Å². The van der Waals surface area contributed by atoms with Crippen LogP contribution >= 0.6 is 11.6 Å². The van der Waals surface area contributed by atoms with Crippen molar-refractivity contribution in [3.8, 4) is 34.5 Å². The molecule has 0 aliphatic carbocycles. The molecule has 0 amide bonds. The molecule has 0 bridgehead atoms. The van der Waals surface area contributed by atoms with Crippen molar-refractivity contribution in [1.29, 1.82) is 0 Å². The lowest BCUT2D eigenvalue weighted by Crippen LogP contribution is -2.22. The molecule has 2 aromatic heterocycles. The Morgan fingerprint density at radius 3 is 2.65 bits per heavy atom. The molecule has 4 aromatic rings. The van der Waals surface area contributed by atoms with Crippen LogP contribution in [0.2, 0.25) is 5.02 Å². The predicted molar refractivity (Wildman–Crippen MR) is 111 cm³/mol. The molecule has 1 atom stereocenters. The maximum atomic E-state index is 6.04. The third kappa shape index (κ3) is 3.62. The van der Waals surface area contributed by atoms with Gasteiger partial charge in [-0.15, -0.1) is 5.10 Å². The molecular formula is C21H18ClN5O4. The first-order valence-electron chi connectivity index (χ1n) is 9.52. The zero-order valence-electron chi connectivity index (χ0n) is 16.8. The fourth-order valence-corrected chi connectivity index (χ4v) is 3.60. The molecule has 0 N–H and O–H groups in total. The Bertz CT molecular complexity index is 1220. The Kier molecular flexibility index (Phi) is 5.05. The lowest BCUT2D eigenvalue weighted by atomic mass is 10.1. The monoisotopic (exact) mass is 439 g/mol. The standard InChI is InChI=1S/C21H18ClN5O4/c1-28-16-8-5-13(9-17(16)29-2)21-23-20(25-31-21)19-15-11-30-18(10-27(15)26-24-19)12-3-6-14(22)7-4-12/h3-9,18H,10-11H2,1-2H3. The Labute approximate surface area is 182 Å². The fourth-order valence-electron chi connectivity index (χ4n) is 3.47. The van der Waals surface area contributed by atoms with Crippen LogP contribution in [-0.2, 0) is 17.9 Å². The summed E-state index contributed by atoms with van der Waals surface area (Å²) in [6, 6.07) is 13.0. The number of hydrogen-bond acceptors (Lipinski definition) is 8. The van der Waals surface area contributed by atoms with Gasteiger partial charge in [0, 0.05) is 10.6 Å². The average Bonchev–Trinajstić information content (AvgIpc) is 3.45. The summed E-state index contributed by atoms with van der Waals surface area (Å²) in [7, 11) is 3.15. The molecule has 0 fully saturated rings. The number of nitrogens with zero attached hydrogens (tertiary/aromatic N) is 5. The van der Waals surface area contributed by atoms with Crippen LogP contribution in [0.15, 0.2) is 47.0 Å². The second-order valence-electron chi connectivity index (χ2n) is 6.91. The van der Waals surface area contributed by atoms with Crippen LogP contribution < -0.4 is 9.47 Å². The van der Waals surface area contributed by atoms with Crippen molar-refractivity contribution in [1.82, 2.24) is 25.1 Å². The summed E-state index contributed by atoms with van der Waals surface area (Å²) in [5, 5.41) is 13.3. The van der Waals surface area contributed by atoms with Gasteiger partial charge in [-0.05, 0) is 35.9 Å². The summed E-state index contributed by atoms with van der Waals surface area (Å²) in [6.45, 7) is 0.861. The lowest BCUT2D eigenvalue weighted by Gasteiger charge is -2.24. The van der Waals surface area contributed by atoms with E-state index in [9.17, 15) is 0 Å². The first kappa shape index (κ1) is 19.5. The molecule has 0 radical (unpaired) electrons. The van der Waals surface area contributed by atoms with E-state index in [1.165, 1.54) is 0 Å². The SMILES string of the molecule is COc1ccc(-c2nc(-c3nnn4c3COC(c3ccc(Cl)cc3)C4)no2)cc1OC. The van der Waals surface area contributed by atoms with Crippen molar-refractivity contribution in [2.45, 2.75) is 19.3 Å². The Morgan fingerprint density at radius 2 is 1.87 bits per heavy atom. The molecule has 0 saturated carbocycles. The smallest absolute Gasteiger partial charge is 0.258 e. The number of rotatable bonds is 5. The second-order valence-corrected chi connectivity index (χ2v) is 7.35. The Hall–Kier alpha value is -3.43. The molecular weight excluding hydrogens is 422 g/mol. The third-order valence-corrected chi connectivity index (χ3v) is 5.36. The molecule has 3 heterocycles. The lowest BCUT2D eigenvalue weighted by molar-refractivity contribution is -0.00112. The topological polar surface area (TPSA) is 97.3 Å². The van der Waals surface area contributed by atoms with Crippen LogP contribution in [0.3, 0.4) is 0 Å². The number of halogens is 1. The van der Waals surface area contributed by atoms with E-state index in [2.05, 4.69) is 20.5 Å². The van der Waals surface area contributed by atoms with Crippen LogP contribution in [0.5, 0.6) is 11.5 Å². The highest BCUT2D eigenvalue weighted by Crippen LogP contribution is 2.34. The van der Waals surface area contributed by atoms with Gasteiger partial charge in [0.25, 0.3) is 5.89 Å². The van der Waals surface area contributed by atoms with Gasteiger partial charge in [0.2, 0.25) is 5.82 Å². The van der Waals surface area contributed by atoms with Crippen LogP contribution in [0, 0.1) is 0 Å². The van der Waals surface area contributed by atoms with E-state index in [0.717, 1.165) is 11.3 Å². The molecule has 0 saturated heterocycles. The van der Waals surface area contributed by atoms with Crippen molar-refractivity contribution >= 4 is 11.6 Å². The molecule has 10 heteroatoms. The zero-order valence-corrected chi connectivity index (χ0v) is 17.5. The number of fused-ring (bicyclic) bond motifs is 1. The maximum Gasteiger partial charge on any atom is 0.258 e. The first-order valence-corrected chi connectivity index (χ1v) is 9.90. The molecule has 158 valence electrons. The van der Waals surface area contributed by atoms with Gasteiger partial charge < -0.3 is 18.7 Å². The number of aromatic nitrogens is 5. The third-order valence-electron chi connectivity index (χ3n) is 5.11. The highest BCUT2D eigenvalue weighted by molar-refractivity contribution is 6.30. The Balaban J connectivity index is 1.40. The van der Waals surface area contributed by atoms with Crippen molar-refractivity contribution < 1.29 is 18.7 Å². The Morgan fingerprint density at radius 1 is 1.06 bits per heavy atom. The van der Waals surface area contributed by atoms with Crippen LogP contribution in [0.25, 0.3) is 23.0 Å². The predicted octanol–water partition coefficient (Wildman–Crippen LogP) is 3.94. The number of methoxy groups -OCH3 is 2. The minimum absolute atomic E-state index is 0.132. The van der Waals surface area contributed by atoms with Gasteiger partial charge in [0.05, 0.1) is 33.1 Å². The number of ether oxygens (including phenoxy) is 3. The normalized spacial score (nSPS) is 15.5. The van der Waals surface area contributed by atoms with Crippen molar-refractivity contribution in [3.63, 3.8) is 0 Å². The molecule has 31 heavy (non-hydrogen) atoms. The minimum Gasteiger partial charge on any atom is -0.493 e. The van der Waals surface area contributed by atoms with Gasteiger partial charge in [-0.2, -0.15) is 4.98 Å². The molecule has 1 aliphatic heterocycles. The molecule has 0 spiro atoms. The maximum absolute atomic E-state index is 6.04. The van der Waals surface area contributed by atoms with Crippen molar-refractivity contribution in [2.24, 2.45) is 0 Å². The highest BCUT2D eigenvalue weighted by atomic mass is 35.5. The second kappa shape index (κ2) is 8.01. The first-order chi connectivity index (χ1) is 15.2. The van der Waals surface area contributed by atoms with Gasteiger partial charge in [-0.1, -0.05) is 34.1 Å². The molecule has 5 rings (SSSR count). The largest absolute Gasteiger partial charge is 0.493 e. The van der Waals surface area contributed by atoms with Crippen LogP contribution in [0.4, 0.5) is 0 Å². The number of benzene rings is 2. The van der Waals surface area contributed by atoms with Crippen molar-refractivity contribution in [2.75, 3.05) is 14.2 Å². The van der Waals surface area contributed by atoms with Gasteiger partial charge in [0.1, 0.15) is 6.10 Å². The van der Waals surface area contributed by atoms with Gasteiger partial charge in [0.15, 0.2) is 17.2 Å². The molecule has 1 unspecified atom stereocenters. The summed E-state index contributed by atoms with van der Waals surface area (Å²) < 4.78 is 23.9. The van der Waals surface area contributed by atoms with Gasteiger partial charge >= 0.3 is 0 Å². The molecule has 9 nitrogen and oxygen atoms in total. The molecule has 2 aromatic carbocycles. The highest BCUT2D eigenvalue weighted by Gasteiger charge is 2.27. The van der Waals surface area contributed by atoms with E-state index >= 15 is 0 Å². The van der Waals surface area contributed by atoms with E-state index in [4.69, 9.17) is 30.3 Å². The summed E-state index contributed by atoms with van der Waals surface area (Å²) in [4.78, 5) is 4.49.